The molecule has 0 aliphatic rings. The summed E-state index contributed by atoms with van der Waals surface area (Å²) in [6, 6.07) is 0. The molecule has 0 radical (unpaired) electrons. The van der Waals surface area contributed by atoms with Crippen molar-refractivity contribution >= 4 is 5.97 Å². The lowest BCUT2D eigenvalue weighted by Crippen LogP contribution is -2.23. The molecule has 0 aromatic rings. The number of hydrogen-bond donors (Lipinski definition) is 0. The van der Waals surface area contributed by atoms with Crippen LogP contribution in [-0.4, -0.2) is 11.6 Å². The van der Waals surface area contributed by atoms with Gasteiger partial charge in [-0.2, -0.15) is 0 Å². The Hall–Kier alpha value is -0.790. The Balaban J connectivity index is 4.59. The van der Waals surface area contributed by atoms with Crippen molar-refractivity contribution in [3.05, 3.63) is 11.6 Å². The predicted molar refractivity (Wildman–Crippen MR) is 68.3 cm³/mol. The summed E-state index contributed by atoms with van der Waals surface area (Å²) in [6.45, 7) is 14.1. The minimum absolute atomic E-state index is 0.0751. The third-order valence-electron chi connectivity index (χ3n) is 2.68. The zero-order valence-corrected chi connectivity index (χ0v) is 11.8. The lowest BCUT2D eigenvalue weighted by Gasteiger charge is -2.26. The van der Waals surface area contributed by atoms with Crippen LogP contribution in [0.5, 0.6) is 0 Å². The van der Waals surface area contributed by atoms with Crippen LogP contribution in [0.2, 0.25) is 0 Å². The molecule has 0 aromatic heterocycles. The summed E-state index contributed by atoms with van der Waals surface area (Å²) >= 11 is 0. The van der Waals surface area contributed by atoms with Gasteiger partial charge < -0.3 is 4.74 Å². The van der Waals surface area contributed by atoms with Crippen molar-refractivity contribution in [1.82, 2.24) is 0 Å². The standard InChI is InChI=1S/C14H26O2/c1-8-9-14(6,7)11(2)10-12(15)16-13(3,4)5/h10H,8-9H2,1-7H3. The number of rotatable bonds is 4. The van der Waals surface area contributed by atoms with Gasteiger partial charge in [0.2, 0.25) is 0 Å². The molecule has 2 heteroatoms. The van der Waals surface area contributed by atoms with Crippen molar-refractivity contribution in [1.29, 1.82) is 0 Å². The molecule has 0 N–H and O–H groups in total. The van der Waals surface area contributed by atoms with Crippen LogP contribution in [0, 0.1) is 5.41 Å². The Labute approximate surface area is 100 Å². The lowest BCUT2D eigenvalue weighted by molar-refractivity contribution is -0.148. The van der Waals surface area contributed by atoms with E-state index in [1.165, 1.54) is 0 Å². The number of ether oxygens (including phenoxy) is 1. The quantitative estimate of drug-likeness (QED) is 0.533. The predicted octanol–water partition coefficient (Wildman–Crippen LogP) is 4.10. The first kappa shape index (κ1) is 15.2. The van der Waals surface area contributed by atoms with E-state index in [0.717, 1.165) is 18.4 Å². The Morgan fingerprint density at radius 1 is 1.19 bits per heavy atom. The van der Waals surface area contributed by atoms with Gasteiger partial charge in [0.25, 0.3) is 0 Å². The summed E-state index contributed by atoms with van der Waals surface area (Å²) in [4.78, 5) is 11.6. The second-order valence-electron chi connectivity index (χ2n) is 5.99. The third-order valence-corrected chi connectivity index (χ3v) is 2.68. The zero-order chi connectivity index (χ0) is 13.0. The molecule has 0 amide bonds. The van der Waals surface area contributed by atoms with Gasteiger partial charge in [-0.25, -0.2) is 4.79 Å². The number of carbonyl (C=O) groups is 1. The fourth-order valence-electron chi connectivity index (χ4n) is 1.53. The Bertz CT molecular complexity index is 267. The maximum absolute atomic E-state index is 11.6. The number of carbonyl (C=O) groups excluding carboxylic acids is 1. The summed E-state index contributed by atoms with van der Waals surface area (Å²) in [5.41, 5.74) is 0.748. The molecule has 0 aromatic carbocycles. The second kappa shape index (κ2) is 5.51. The van der Waals surface area contributed by atoms with Crippen molar-refractivity contribution in [3.63, 3.8) is 0 Å². The fraction of sp³-hybridized carbons (Fsp3) is 0.786. The molecule has 0 aliphatic heterocycles. The van der Waals surface area contributed by atoms with Gasteiger partial charge in [-0.1, -0.05) is 32.8 Å². The first-order valence-corrected chi connectivity index (χ1v) is 6.00. The third kappa shape index (κ3) is 5.94. The molecule has 0 bridgehead atoms. The summed E-state index contributed by atoms with van der Waals surface area (Å²) < 4.78 is 5.27. The van der Waals surface area contributed by atoms with E-state index in [1.807, 2.05) is 27.7 Å². The van der Waals surface area contributed by atoms with E-state index in [9.17, 15) is 4.79 Å². The number of allylic oxidation sites excluding steroid dienone is 1. The minimum Gasteiger partial charge on any atom is -0.457 e. The molecule has 0 unspecified atom stereocenters. The van der Waals surface area contributed by atoms with E-state index in [2.05, 4.69) is 20.8 Å². The van der Waals surface area contributed by atoms with E-state index < -0.39 is 5.60 Å². The zero-order valence-electron chi connectivity index (χ0n) is 11.8. The lowest BCUT2D eigenvalue weighted by atomic mass is 9.81. The van der Waals surface area contributed by atoms with Gasteiger partial charge in [0.15, 0.2) is 0 Å². The van der Waals surface area contributed by atoms with Crippen LogP contribution in [0.4, 0.5) is 0 Å². The van der Waals surface area contributed by atoms with Gasteiger partial charge in [-0.15, -0.1) is 0 Å². The average Bonchev–Trinajstić information content (AvgIpc) is 1.99. The van der Waals surface area contributed by atoms with Crippen LogP contribution in [-0.2, 0) is 9.53 Å². The monoisotopic (exact) mass is 226 g/mol. The highest BCUT2D eigenvalue weighted by molar-refractivity contribution is 5.83. The molecule has 94 valence electrons. The molecule has 16 heavy (non-hydrogen) atoms. The topological polar surface area (TPSA) is 26.3 Å². The SMILES string of the molecule is CCCC(C)(C)C(C)=CC(=O)OC(C)(C)C. The molecule has 0 atom stereocenters. The van der Waals surface area contributed by atoms with Crippen molar-refractivity contribution < 1.29 is 9.53 Å². The number of hydrogen-bond acceptors (Lipinski definition) is 2. The van der Waals surface area contributed by atoms with Crippen molar-refractivity contribution in [3.8, 4) is 0 Å². The van der Waals surface area contributed by atoms with Crippen LogP contribution >= 0.6 is 0 Å². The summed E-state index contributed by atoms with van der Waals surface area (Å²) in [6.07, 6.45) is 3.82. The number of esters is 1. The highest BCUT2D eigenvalue weighted by atomic mass is 16.6. The van der Waals surface area contributed by atoms with E-state index in [-0.39, 0.29) is 11.4 Å². The average molecular weight is 226 g/mol. The van der Waals surface area contributed by atoms with Crippen LogP contribution < -0.4 is 0 Å². The maximum Gasteiger partial charge on any atom is 0.331 e. The molecule has 0 spiro atoms. The first-order valence-electron chi connectivity index (χ1n) is 6.00. The summed E-state index contributed by atoms with van der Waals surface area (Å²) in [7, 11) is 0. The molecule has 0 fully saturated rings. The Morgan fingerprint density at radius 2 is 1.69 bits per heavy atom. The normalized spacial score (nSPS) is 13.8. The highest BCUT2D eigenvalue weighted by Crippen LogP contribution is 2.31. The van der Waals surface area contributed by atoms with E-state index in [1.54, 1.807) is 6.08 Å². The summed E-state index contributed by atoms with van der Waals surface area (Å²) in [5.74, 6) is -0.242. The fourth-order valence-corrected chi connectivity index (χ4v) is 1.53. The van der Waals surface area contributed by atoms with Crippen molar-refractivity contribution in [2.24, 2.45) is 5.41 Å². The van der Waals surface area contributed by atoms with E-state index in [0.29, 0.717) is 0 Å². The molecular formula is C14H26O2. The van der Waals surface area contributed by atoms with E-state index in [4.69, 9.17) is 4.74 Å². The minimum atomic E-state index is -0.414. The molecule has 0 rings (SSSR count). The van der Waals surface area contributed by atoms with Gasteiger partial charge >= 0.3 is 5.97 Å². The molecular weight excluding hydrogens is 200 g/mol. The molecule has 0 heterocycles. The van der Waals surface area contributed by atoms with Gasteiger partial charge in [-0.3, -0.25) is 0 Å². The first-order chi connectivity index (χ1) is 7.08. The smallest absolute Gasteiger partial charge is 0.331 e. The van der Waals surface area contributed by atoms with E-state index >= 15 is 0 Å². The molecule has 0 aliphatic carbocycles. The molecule has 2 nitrogen and oxygen atoms in total. The Morgan fingerprint density at radius 3 is 2.06 bits per heavy atom. The van der Waals surface area contributed by atoms with Crippen molar-refractivity contribution in [2.45, 2.75) is 66.9 Å². The molecule has 0 saturated heterocycles. The maximum atomic E-state index is 11.6. The van der Waals surface area contributed by atoms with Crippen LogP contribution in [0.15, 0.2) is 11.6 Å². The van der Waals surface area contributed by atoms with Crippen molar-refractivity contribution in [2.75, 3.05) is 0 Å². The van der Waals surface area contributed by atoms with Gasteiger partial charge in [-0.05, 0) is 39.5 Å². The van der Waals surface area contributed by atoms with Crippen LogP contribution in [0.1, 0.15) is 61.3 Å². The summed E-state index contributed by atoms with van der Waals surface area (Å²) in [5, 5.41) is 0. The van der Waals surface area contributed by atoms with Crippen LogP contribution in [0.3, 0.4) is 0 Å². The van der Waals surface area contributed by atoms with Gasteiger partial charge in [0, 0.05) is 6.08 Å². The second-order valence-corrected chi connectivity index (χ2v) is 5.99. The van der Waals surface area contributed by atoms with Crippen LogP contribution in [0.25, 0.3) is 0 Å². The largest absolute Gasteiger partial charge is 0.457 e. The highest BCUT2D eigenvalue weighted by Gasteiger charge is 2.21. The van der Waals surface area contributed by atoms with Gasteiger partial charge in [0.05, 0.1) is 0 Å². The van der Waals surface area contributed by atoms with Gasteiger partial charge in [0.1, 0.15) is 5.60 Å². The Kier molecular flexibility index (Phi) is 5.24. The molecule has 0 saturated carbocycles.